The Bertz CT molecular complexity index is 1190. The quantitative estimate of drug-likeness (QED) is 0.524. The SMILES string of the molecule is Cc1nc2ccccn2c1-c1nc(-c2ccccc2)c(-c2ncn[nH]2)s1. The number of nitrogens with one attached hydrogen (secondary N) is 1. The van der Waals surface area contributed by atoms with Crippen LogP contribution in [-0.2, 0) is 0 Å². The molecule has 5 aromatic rings. The van der Waals surface area contributed by atoms with Crippen molar-refractivity contribution < 1.29 is 0 Å². The maximum absolute atomic E-state index is 4.96. The Morgan fingerprint density at radius 1 is 1.00 bits per heavy atom. The largest absolute Gasteiger partial charge is 0.297 e. The summed E-state index contributed by atoms with van der Waals surface area (Å²) in [7, 11) is 0. The topological polar surface area (TPSA) is 71.8 Å². The second-order valence-electron chi connectivity index (χ2n) is 5.87. The number of hydrogen-bond donors (Lipinski definition) is 1. The van der Waals surface area contributed by atoms with E-state index in [9.17, 15) is 0 Å². The molecule has 26 heavy (non-hydrogen) atoms. The second kappa shape index (κ2) is 5.89. The van der Waals surface area contributed by atoms with E-state index >= 15 is 0 Å². The van der Waals surface area contributed by atoms with Gasteiger partial charge in [0, 0.05) is 11.8 Å². The van der Waals surface area contributed by atoms with Crippen molar-refractivity contribution in [2.45, 2.75) is 6.92 Å². The monoisotopic (exact) mass is 358 g/mol. The van der Waals surface area contributed by atoms with Gasteiger partial charge in [-0.2, -0.15) is 5.10 Å². The van der Waals surface area contributed by atoms with E-state index in [0.717, 1.165) is 44.0 Å². The van der Waals surface area contributed by atoms with E-state index in [2.05, 4.69) is 36.7 Å². The van der Waals surface area contributed by atoms with Crippen molar-refractivity contribution in [3.8, 4) is 32.7 Å². The summed E-state index contributed by atoms with van der Waals surface area (Å²) in [4.78, 5) is 14.9. The summed E-state index contributed by atoms with van der Waals surface area (Å²) in [6, 6.07) is 16.1. The molecule has 0 spiro atoms. The number of aromatic amines is 1. The number of benzene rings is 1. The molecule has 4 heterocycles. The first-order valence-electron chi connectivity index (χ1n) is 8.17. The molecule has 0 atom stereocenters. The number of rotatable bonds is 3. The first-order valence-corrected chi connectivity index (χ1v) is 8.99. The molecule has 0 aliphatic carbocycles. The van der Waals surface area contributed by atoms with Crippen molar-refractivity contribution in [2.24, 2.45) is 0 Å². The molecular weight excluding hydrogens is 344 g/mol. The van der Waals surface area contributed by atoms with Gasteiger partial charge in [0.15, 0.2) is 5.82 Å². The summed E-state index contributed by atoms with van der Waals surface area (Å²) in [5, 5.41) is 7.87. The summed E-state index contributed by atoms with van der Waals surface area (Å²) in [5.74, 6) is 0.721. The Morgan fingerprint density at radius 3 is 2.65 bits per heavy atom. The summed E-state index contributed by atoms with van der Waals surface area (Å²) < 4.78 is 2.08. The lowest BCUT2D eigenvalue weighted by Gasteiger charge is -1.99. The van der Waals surface area contributed by atoms with Crippen LogP contribution in [0.5, 0.6) is 0 Å². The lowest BCUT2D eigenvalue weighted by Crippen LogP contribution is -1.88. The summed E-state index contributed by atoms with van der Waals surface area (Å²) in [6.45, 7) is 2.01. The van der Waals surface area contributed by atoms with Crippen LogP contribution in [0.1, 0.15) is 5.69 Å². The third-order valence-electron chi connectivity index (χ3n) is 4.21. The molecule has 0 bridgehead atoms. The predicted molar refractivity (Wildman–Crippen MR) is 102 cm³/mol. The highest BCUT2D eigenvalue weighted by atomic mass is 32.1. The fraction of sp³-hybridized carbons (Fsp3) is 0.0526. The molecule has 0 saturated heterocycles. The summed E-state index contributed by atoms with van der Waals surface area (Å²) in [5.41, 5.74) is 4.82. The van der Waals surface area contributed by atoms with Gasteiger partial charge in [-0.05, 0) is 19.1 Å². The van der Waals surface area contributed by atoms with Crippen LogP contribution >= 0.6 is 11.3 Å². The highest BCUT2D eigenvalue weighted by molar-refractivity contribution is 7.18. The standard InChI is InChI=1S/C19H14N6S/c1-12-16(25-10-6-5-9-14(25)22-12)19-23-15(13-7-3-2-4-8-13)17(26-19)18-20-11-21-24-18/h2-11H,1H3,(H,20,21,24). The summed E-state index contributed by atoms with van der Waals surface area (Å²) in [6.07, 6.45) is 3.53. The number of fused-ring (bicyclic) bond motifs is 1. The third kappa shape index (κ3) is 2.33. The molecule has 0 radical (unpaired) electrons. The number of H-pyrrole nitrogens is 1. The molecule has 0 aliphatic rings. The van der Waals surface area contributed by atoms with Crippen LogP contribution in [0.25, 0.3) is 38.3 Å². The van der Waals surface area contributed by atoms with Gasteiger partial charge in [0.25, 0.3) is 0 Å². The van der Waals surface area contributed by atoms with E-state index in [0.29, 0.717) is 0 Å². The Kier molecular flexibility index (Phi) is 3.39. The van der Waals surface area contributed by atoms with Gasteiger partial charge < -0.3 is 0 Å². The molecule has 126 valence electrons. The van der Waals surface area contributed by atoms with Crippen molar-refractivity contribution in [2.75, 3.05) is 0 Å². The molecule has 0 fully saturated rings. The van der Waals surface area contributed by atoms with E-state index in [1.54, 1.807) is 11.3 Å². The fourth-order valence-electron chi connectivity index (χ4n) is 3.06. The van der Waals surface area contributed by atoms with Crippen LogP contribution in [-0.4, -0.2) is 29.5 Å². The number of pyridine rings is 1. The minimum atomic E-state index is 0.721. The minimum Gasteiger partial charge on any atom is -0.297 e. The van der Waals surface area contributed by atoms with E-state index in [1.165, 1.54) is 6.33 Å². The van der Waals surface area contributed by atoms with Crippen LogP contribution in [0.4, 0.5) is 0 Å². The first kappa shape index (κ1) is 15.0. The van der Waals surface area contributed by atoms with Crippen molar-refractivity contribution in [1.29, 1.82) is 0 Å². The highest BCUT2D eigenvalue weighted by Crippen LogP contribution is 2.39. The molecule has 7 heteroatoms. The van der Waals surface area contributed by atoms with Crippen molar-refractivity contribution in [3.63, 3.8) is 0 Å². The maximum Gasteiger partial charge on any atom is 0.167 e. The van der Waals surface area contributed by atoms with Crippen LogP contribution in [0.3, 0.4) is 0 Å². The molecule has 1 N–H and O–H groups in total. The first-order chi connectivity index (χ1) is 12.8. The van der Waals surface area contributed by atoms with Crippen LogP contribution < -0.4 is 0 Å². The van der Waals surface area contributed by atoms with Gasteiger partial charge in [-0.15, -0.1) is 11.3 Å². The third-order valence-corrected chi connectivity index (χ3v) is 5.28. The smallest absolute Gasteiger partial charge is 0.167 e. The molecule has 4 aromatic heterocycles. The molecule has 0 amide bonds. The Hall–Kier alpha value is -3.32. The zero-order chi connectivity index (χ0) is 17.5. The molecule has 6 nitrogen and oxygen atoms in total. The predicted octanol–water partition coefficient (Wildman–Crippen LogP) is 4.22. The van der Waals surface area contributed by atoms with Crippen LogP contribution in [0.15, 0.2) is 61.1 Å². The van der Waals surface area contributed by atoms with E-state index in [-0.39, 0.29) is 0 Å². The fourth-order valence-corrected chi connectivity index (χ4v) is 4.19. The van der Waals surface area contributed by atoms with Gasteiger partial charge in [-0.1, -0.05) is 36.4 Å². The van der Waals surface area contributed by atoms with Crippen molar-refractivity contribution >= 4 is 17.0 Å². The lowest BCUT2D eigenvalue weighted by molar-refractivity contribution is 1.10. The number of nitrogens with zero attached hydrogens (tertiary/aromatic N) is 5. The van der Waals surface area contributed by atoms with Gasteiger partial charge in [0.1, 0.15) is 22.7 Å². The Morgan fingerprint density at radius 2 is 1.85 bits per heavy atom. The number of aryl methyl sites for hydroxylation is 1. The maximum atomic E-state index is 4.96. The van der Waals surface area contributed by atoms with Gasteiger partial charge in [-0.25, -0.2) is 15.0 Å². The zero-order valence-electron chi connectivity index (χ0n) is 13.9. The molecule has 0 unspecified atom stereocenters. The van der Waals surface area contributed by atoms with Gasteiger partial charge in [0.05, 0.1) is 16.3 Å². The molecular formula is C19H14N6S. The molecule has 0 saturated carbocycles. The highest BCUT2D eigenvalue weighted by Gasteiger charge is 2.21. The zero-order valence-corrected chi connectivity index (χ0v) is 14.7. The average molecular weight is 358 g/mol. The normalized spacial score (nSPS) is 11.3. The van der Waals surface area contributed by atoms with E-state index in [1.807, 2.05) is 49.5 Å². The molecule has 5 rings (SSSR count). The van der Waals surface area contributed by atoms with Crippen molar-refractivity contribution in [3.05, 3.63) is 66.7 Å². The Labute approximate surface area is 153 Å². The number of hydrogen-bond acceptors (Lipinski definition) is 5. The second-order valence-corrected chi connectivity index (χ2v) is 6.87. The van der Waals surface area contributed by atoms with E-state index in [4.69, 9.17) is 4.98 Å². The van der Waals surface area contributed by atoms with Crippen LogP contribution in [0, 0.1) is 6.92 Å². The van der Waals surface area contributed by atoms with Crippen molar-refractivity contribution in [1.82, 2.24) is 29.5 Å². The van der Waals surface area contributed by atoms with Gasteiger partial charge in [0.2, 0.25) is 0 Å². The Balaban J connectivity index is 1.77. The van der Waals surface area contributed by atoms with E-state index < -0.39 is 0 Å². The summed E-state index contributed by atoms with van der Waals surface area (Å²) >= 11 is 1.59. The lowest BCUT2D eigenvalue weighted by atomic mass is 10.1. The number of thiazole rings is 1. The number of aromatic nitrogens is 6. The molecule has 0 aliphatic heterocycles. The van der Waals surface area contributed by atoms with Gasteiger partial charge >= 0.3 is 0 Å². The molecule has 1 aromatic carbocycles. The minimum absolute atomic E-state index is 0.721. The average Bonchev–Trinajstić information content (AvgIpc) is 3.39. The van der Waals surface area contributed by atoms with Gasteiger partial charge in [-0.3, -0.25) is 9.50 Å². The van der Waals surface area contributed by atoms with Crippen LogP contribution in [0.2, 0.25) is 0 Å². The number of imidazole rings is 1.